The molecule has 8 heteroatoms. The Bertz CT molecular complexity index is 692. The van der Waals surface area contributed by atoms with Gasteiger partial charge in [0.15, 0.2) is 5.11 Å². The maximum atomic E-state index is 12.0. The van der Waals surface area contributed by atoms with Crippen LogP contribution < -0.4 is 16.4 Å². The Morgan fingerprint density at radius 1 is 1.05 bits per heavy atom. The number of carbonyl (C=O) groups is 1. The zero-order valence-corrected chi connectivity index (χ0v) is 14.2. The van der Waals surface area contributed by atoms with Crippen molar-refractivity contribution in [2.75, 3.05) is 11.1 Å². The third-order valence-corrected chi connectivity index (χ3v) is 3.52. The van der Waals surface area contributed by atoms with Crippen molar-refractivity contribution in [2.24, 2.45) is 0 Å². The lowest BCUT2D eigenvalue weighted by atomic mass is 10.2. The number of nitrogens with one attached hydrogen (secondary N) is 2. The third-order valence-electron chi connectivity index (χ3n) is 2.58. The molecule has 22 heavy (non-hydrogen) atoms. The molecule has 0 aliphatic rings. The molecule has 0 bridgehead atoms. The van der Waals surface area contributed by atoms with Crippen LogP contribution in [-0.4, -0.2) is 11.0 Å². The van der Waals surface area contributed by atoms with Crippen molar-refractivity contribution in [1.29, 1.82) is 0 Å². The lowest BCUT2D eigenvalue weighted by molar-refractivity contribution is 0.0978. The van der Waals surface area contributed by atoms with Crippen molar-refractivity contribution in [3.05, 3.63) is 58.1 Å². The van der Waals surface area contributed by atoms with E-state index in [1.807, 2.05) is 0 Å². The van der Waals surface area contributed by atoms with E-state index >= 15 is 0 Å². The minimum atomic E-state index is -0.374. The molecule has 4 nitrogen and oxygen atoms in total. The summed E-state index contributed by atoms with van der Waals surface area (Å²) < 4.78 is 0. The summed E-state index contributed by atoms with van der Waals surface area (Å²) in [5.41, 5.74) is 7.32. The molecular weight excluding hydrogens is 365 g/mol. The molecule has 0 saturated carbocycles. The quantitative estimate of drug-likeness (QED) is 0.545. The summed E-state index contributed by atoms with van der Waals surface area (Å²) in [6.07, 6.45) is 0. The van der Waals surface area contributed by atoms with Crippen LogP contribution in [0.2, 0.25) is 10.0 Å². The Hall–Kier alpha value is -1.53. The van der Waals surface area contributed by atoms with Crippen LogP contribution >= 0.6 is 47.8 Å². The number of carbonyl (C=O) groups excluding carboxylic acids is 1. The molecule has 116 valence electrons. The first kappa shape index (κ1) is 18.5. The Balaban J connectivity index is 0.00000242. The first-order valence-corrected chi connectivity index (χ1v) is 7.05. The molecule has 0 aliphatic carbocycles. The van der Waals surface area contributed by atoms with E-state index in [4.69, 9.17) is 41.2 Å². The molecule has 0 atom stereocenters. The van der Waals surface area contributed by atoms with Crippen LogP contribution in [0, 0.1) is 0 Å². The van der Waals surface area contributed by atoms with E-state index < -0.39 is 0 Å². The third kappa shape index (κ3) is 5.03. The van der Waals surface area contributed by atoms with Gasteiger partial charge >= 0.3 is 0 Å². The van der Waals surface area contributed by atoms with E-state index in [0.29, 0.717) is 21.3 Å². The largest absolute Gasteiger partial charge is 0.399 e. The fourth-order valence-corrected chi connectivity index (χ4v) is 2.05. The topological polar surface area (TPSA) is 67.2 Å². The highest BCUT2D eigenvalue weighted by molar-refractivity contribution is 7.80. The molecule has 0 spiro atoms. The lowest BCUT2D eigenvalue weighted by Gasteiger charge is -2.10. The molecule has 0 aromatic heterocycles. The molecular formula is C14H12Cl3N3OS. The molecule has 2 aromatic rings. The predicted octanol–water partition coefficient (Wildman–Crippen LogP) is 4.12. The normalized spacial score (nSPS) is 9.55. The first-order chi connectivity index (χ1) is 9.95. The maximum absolute atomic E-state index is 12.0. The molecule has 0 heterocycles. The van der Waals surface area contributed by atoms with Gasteiger partial charge in [-0.15, -0.1) is 12.4 Å². The highest BCUT2D eigenvalue weighted by Gasteiger charge is 2.10. The summed E-state index contributed by atoms with van der Waals surface area (Å²) in [4.78, 5) is 12.0. The number of hydrogen-bond donors (Lipinski definition) is 3. The van der Waals surface area contributed by atoms with Gasteiger partial charge < -0.3 is 11.1 Å². The number of hydrogen-bond acceptors (Lipinski definition) is 3. The van der Waals surface area contributed by atoms with Gasteiger partial charge in [0.2, 0.25) is 0 Å². The average Bonchev–Trinajstić information content (AvgIpc) is 2.44. The van der Waals surface area contributed by atoms with Crippen molar-refractivity contribution in [3.63, 3.8) is 0 Å². The number of nitrogens with two attached hydrogens (primary N) is 1. The van der Waals surface area contributed by atoms with Crippen molar-refractivity contribution in [2.45, 2.75) is 0 Å². The monoisotopic (exact) mass is 375 g/mol. The number of nitrogen functional groups attached to an aromatic ring is 1. The van der Waals surface area contributed by atoms with E-state index in [2.05, 4.69) is 10.6 Å². The van der Waals surface area contributed by atoms with E-state index in [-0.39, 0.29) is 23.4 Å². The summed E-state index contributed by atoms with van der Waals surface area (Å²) in [7, 11) is 0. The summed E-state index contributed by atoms with van der Waals surface area (Å²) in [5, 5.41) is 6.30. The van der Waals surface area contributed by atoms with Gasteiger partial charge in [0.1, 0.15) is 0 Å². The van der Waals surface area contributed by atoms with Gasteiger partial charge in [-0.1, -0.05) is 23.2 Å². The maximum Gasteiger partial charge on any atom is 0.257 e. The SMILES string of the molecule is Cl.Nc1ccc(NC(=S)NC(=O)c2ccc(Cl)c(Cl)c2)cc1. The highest BCUT2D eigenvalue weighted by Crippen LogP contribution is 2.22. The molecule has 2 rings (SSSR count). The number of amides is 1. The van der Waals surface area contributed by atoms with E-state index in [1.54, 1.807) is 36.4 Å². The van der Waals surface area contributed by atoms with Gasteiger partial charge in [-0.2, -0.15) is 0 Å². The predicted molar refractivity (Wildman–Crippen MR) is 98.3 cm³/mol. The van der Waals surface area contributed by atoms with Crippen LogP contribution in [0.1, 0.15) is 10.4 Å². The second kappa shape index (κ2) is 8.19. The molecule has 4 N–H and O–H groups in total. The summed E-state index contributed by atoms with van der Waals surface area (Å²) in [5.74, 6) is -0.374. The number of thiocarbonyl (C=S) groups is 1. The van der Waals surface area contributed by atoms with Crippen molar-refractivity contribution in [3.8, 4) is 0 Å². The second-order valence-corrected chi connectivity index (χ2v) is 5.38. The van der Waals surface area contributed by atoms with E-state index in [0.717, 1.165) is 5.69 Å². The van der Waals surface area contributed by atoms with Crippen LogP contribution in [-0.2, 0) is 0 Å². The minimum absolute atomic E-state index is 0. The number of halogens is 3. The molecule has 0 unspecified atom stereocenters. The number of anilines is 2. The van der Waals surface area contributed by atoms with Gasteiger partial charge in [0.05, 0.1) is 10.0 Å². The van der Waals surface area contributed by atoms with Gasteiger partial charge in [-0.05, 0) is 54.7 Å². The smallest absolute Gasteiger partial charge is 0.257 e. The van der Waals surface area contributed by atoms with Crippen LogP contribution in [0.3, 0.4) is 0 Å². The molecule has 0 radical (unpaired) electrons. The van der Waals surface area contributed by atoms with Crippen LogP contribution in [0.25, 0.3) is 0 Å². The Labute approximate surface area is 149 Å². The average molecular weight is 377 g/mol. The zero-order valence-electron chi connectivity index (χ0n) is 11.1. The van der Waals surface area contributed by atoms with Gasteiger partial charge in [-0.25, -0.2) is 0 Å². The summed E-state index contributed by atoms with van der Waals surface area (Å²) in [6.45, 7) is 0. The van der Waals surface area contributed by atoms with Gasteiger partial charge in [0.25, 0.3) is 5.91 Å². The van der Waals surface area contributed by atoms with Crippen molar-refractivity contribution in [1.82, 2.24) is 5.32 Å². The fraction of sp³-hybridized carbons (Fsp3) is 0. The van der Waals surface area contributed by atoms with E-state index in [1.165, 1.54) is 6.07 Å². The summed E-state index contributed by atoms with van der Waals surface area (Å²) in [6, 6.07) is 11.6. The standard InChI is InChI=1S/C14H11Cl2N3OS.ClH/c15-11-6-1-8(7-12(11)16)13(20)19-14(21)18-10-4-2-9(17)3-5-10;/h1-7H,17H2,(H2,18,19,20,21);1H. The van der Waals surface area contributed by atoms with Gasteiger partial charge in [-0.3, -0.25) is 10.1 Å². The van der Waals surface area contributed by atoms with Gasteiger partial charge in [0, 0.05) is 16.9 Å². The summed E-state index contributed by atoms with van der Waals surface area (Å²) >= 11 is 16.7. The second-order valence-electron chi connectivity index (χ2n) is 4.16. The van der Waals surface area contributed by atoms with Crippen molar-refractivity contribution < 1.29 is 4.79 Å². The number of rotatable bonds is 2. The molecule has 0 saturated heterocycles. The zero-order chi connectivity index (χ0) is 15.4. The minimum Gasteiger partial charge on any atom is -0.399 e. The first-order valence-electron chi connectivity index (χ1n) is 5.88. The number of benzene rings is 2. The van der Waals surface area contributed by atoms with Crippen molar-refractivity contribution >= 4 is 70.2 Å². The van der Waals surface area contributed by atoms with Crippen LogP contribution in [0.4, 0.5) is 11.4 Å². The Kier molecular flexibility index (Phi) is 6.90. The highest BCUT2D eigenvalue weighted by atomic mass is 35.5. The molecule has 2 aromatic carbocycles. The molecule has 0 aliphatic heterocycles. The Morgan fingerprint density at radius 2 is 1.68 bits per heavy atom. The molecule has 0 fully saturated rings. The fourth-order valence-electron chi connectivity index (χ4n) is 1.54. The van der Waals surface area contributed by atoms with E-state index in [9.17, 15) is 4.79 Å². The lowest BCUT2D eigenvalue weighted by Crippen LogP contribution is -2.34. The molecule has 1 amide bonds. The van der Waals surface area contributed by atoms with Crippen LogP contribution in [0.5, 0.6) is 0 Å². The van der Waals surface area contributed by atoms with Crippen LogP contribution in [0.15, 0.2) is 42.5 Å². The Morgan fingerprint density at radius 3 is 2.27 bits per heavy atom.